The van der Waals surface area contributed by atoms with E-state index in [1.165, 1.54) is 11.8 Å². The molecule has 3 rings (SSSR count). The number of anilines is 1. The van der Waals surface area contributed by atoms with Crippen molar-refractivity contribution in [3.8, 4) is 0 Å². The van der Waals surface area contributed by atoms with Gasteiger partial charge in [-0.3, -0.25) is 4.79 Å². The van der Waals surface area contributed by atoms with Crippen LogP contribution in [0.4, 0.5) is 5.69 Å². The Morgan fingerprint density at radius 1 is 1.29 bits per heavy atom. The van der Waals surface area contributed by atoms with Crippen molar-refractivity contribution in [2.45, 2.75) is 11.9 Å². The number of rotatable bonds is 4. The van der Waals surface area contributed by atoms with Crippen molar-refractivity contribution in [3.05, 3.63) is 47.6 Å². The molecule has 0 fully saturated rings. The molecule has 0 bridgehead atoms. The van der Waals surface area contributed by atoms with Crippen LogP contribution in [-0.4, -0.2) is 21.6 Å². The van der Waals surface area contributed by atoms with Crippen LogP contribution in [0.15, 0.2) is 47.1 Å². The lowest BCUT2D eigenvalue weighted by Crippen LogP contribution is -2.14. The Balaban J connectivity index is 1.66. The van der Waals surface area contributed by atoms with Crippen molar-refractivity contribution in [2.75, 3.05) is 11.1 Å². The molecule has 0 aliphatic rings. The summed E-state index contributed by atoms with van der Waals surface area (Å²) in [6, 6.07) is 9.73. The summed E-state index contributed by atoms with van der Waals surface area (Å²) in [5, 5.41) is 6.76. The van der Waals surface area contributed by atoms with E-state index in [9.17, 15) is 4.79 Å². The summed E-state index contributed by atoms with van der Waals surface area (Å²) < 4.78 is 0. The van der Waals surface area contributed by atoms with E-state index < -0.39 is 0 Å². The molecule has 1 amide bonds. The summed E-state index contributed by atoms with van der Waals surface area (Å²) in [7, 11) is 0. The number of thiophene rings is 1. The number of aryl methyl sites for hydroxylation is 1. The van der Waals surface area contributed by atoms with E-state index >= 15 is 0 Å². The predicted octanol–water partition coefficient (Wildman–Crippen LogP) is 3.73. The highest BCUT2D eigenvalue weighted by Gasteiger charge is 2.09. The molecule has 106 valence electrons. The minimum Gasteiger partial charge on any atom is -0.325 e. The van der Waals surface area contributed by atoms with Crippen LogP contribution in [0, 0.1) is 6.92 Å². The number of nitrogens with one attached hydrogen (secondary N) is 1. The molecule has 1 N–H and O–H groups in total. The van der Waals surface area contributed by atoms with Gasteiger partial charge in [-0.2, -0.15) is 0 Å². The maximum atomic E-state index is 12.0. The number of carbonyl (C=O) groups is 1. The molecular formula is C15H13N3OS2. The van der Waals surface area contributed by atoms with E-state index in [1.807, 2.05) is 42.6 Å². The number of hydrogen-bond acceptors (Lipinski definition) is 5. The van der Waals surface area contributed by atoms with E-state index in [1.54, 1.807) is 17.7 Å². The molecule has 0 saturated carbocycles. The minimum atomic E-state index is -0.0312. The van der Waals surface area contributed by atoms with Gasteiger partial charge in [-0.05, 0) is 30.0 Å². The average molecular weight is 315 g/mol. The molecule has 21 heavy (non-hydrogen) atoms. The summed E-state index contributed by atoms with van der Waals surface area (Å²) in [5.74, 6) is 0.298. The first-order chi connectivity index (χ1) is 10.2. The van der Waals surface area contributed by atoms with Gasteiger partial charge in [-0.25, -0.2) is 9.97 Å². The van der Waals surface area contributed by atoms with Crippen molar-refractivity contribution in [3.63, 3.8) is 0 Å². The van der Waals surface area contributed by atoms with Crippen LogP contribution in [0.25, 0.3) is 10.2 Å². The highest BCUT2D eigenvalue weighted by molar-refractivity contribution is 8.00. The van der Waals surface area contributed by atoms with Crippen LogP contribution in [-0.2, 0) is 4.79 Å². The van der Waals surface area contributed by atoms with Gasteiger partial charge in [0.15, 0.2) is 0 Å². The van der Waals surface area contributed by atoms with Gasteiger partial charge in [0.2, 0.25) is 5.91 Å². The fourth-order valence-electron chi connectivity index (χ4n) is 1.92. The summed E-state index contributed by atoms with van der Waals surface area (Å²) >= 11 is 3.01. The largest absolute Gasteiger partial charge is 0.325 e. The lowest BCUT2D eigenvalue weighted by atomic mass is 10.2. The van der Waals surface area contributed by atoms with Gasteiger partial charge in [0, 0.05) is 11.1 Å². The normalized spacial score (nSPS) is 10.7. The zero-order valence-electron chi connectivity index (χ0n) is 11.4. The van der Waals surface area contributed by atoms with E-state index in [-0.39, 0.29) is 5.91 Å². The first-order valence-electron chi connectivity index (χ1n) is 6.40. The number of para-hydroxylation sites is 1. The lowest BCUT2D eigenvalue weighted by Gasteiger charge is -2.07. The number of fused-ring (bicyclic) bond motifs is 1. The van der Waals surface area contributed by atoms with Gasteiger partial charge in [0.05, 0.1) is 5.75 Å². The molecule has 0 unspecified atom stereocenters. The Morgan fingerprint density at radius 2 is 2.14 bits per heavy atom. The molecule has 6 heteroatoms. The maximum absolute atomic E-state index is 12.0. The van der Waals surface area contributed by atoms with E-state index in [0.29, 0.717) is 5.75 Å². The van der Waals surface area contributed by atoms with Crippen molar-refractivity contribution in [1.82, 2.24) is 9.97 Å². The highest BCUT2D eigenvalue weighted by atomic mass is 32.2. The third-order valence-corrected chi connectivity index (χ3v) is 4.81. The standard InChI is InChI=1S/C15H13N3OS2/c1-10-4-2-3-5-12(10)18-13(19)8-21-15-11-6-7-20-14(11)16-9-17-15/h2-7,9H,8H2,1H3,(H,18,19). The fourth-order valence-corrected chi connectivity index (χ4v) is 3.49. The number of benzene rings is 1. The van der Waals surface area contributed by atoms with Crippen molar-refractivity contribution < 1.29 is 4.79 Å². The molecule has 2 heterocycles. The van der Waals surface area contributed by atoms with Gasteiger partial charge in [-0.1, -0.05) is 30.0 Å². The van der Waals surface area contributed by atoms with Crippen molar-refractivity contribution in [2.24, 2.45) is 0 Å². The van der Waals surface area contributed by atoms with E-state index in [0.717, 1.165) is 26.5 Å². The van der Waals surface area contributed by atoms with Crippen LogP contribution < -0.4 is 5.32 Å². The predicted molar refractivity (Wildman–Crippen MR) is 87.9 cm³/mol. The smallest absolute Gasteiger partial charge is 0.234 e. The van der Waals surface area contributed by atoms with Gasteiger partial charge in [0.25, 0.3) is 0 Å². The van der Waals surface area contributed by atoms with Crippen molar-refractivity contribution >= 4 is 44.9 Å². The Bertz CT molecular complexity index is 785. The first-order valence-corrected chi connectivity index (χ1v) is 8.27. The Kier molecular flexibility index (Phi) is 4.17. The molecule has 0 radical (unpaired) electrons. The topological polar surface area (TPSA) is 54.9 Å². The zero-order chi connectivity index (χ0) is 14.7. The fraction of sp³-hybridized carbons (Fsp3) is 0.133. The molecule has 0 aliphatic heterocycles. The van der Waals surface area contributed by atoms with Crippen LogP contribution in [0.3, 0.4) is 0 Å². The molecule has 1 aromatic carbocycles. The average Bonchev–Trinajstić information content (AvgIpc) is 2.96. The summed E-state index contributed by atoms with van der Waals surface area (Å²) in [4.78, 5) is 21.4. The van der Waals surface area contributed by atoms with Crippen LogP contribution in [0.2, 0.25) is 0 Å². The van der Waals surface area contributed by atoms with Crippen LogP contribution >= 0.6 is 23.1 Å². The summed E-state index contributed by atoms with van der Waals surface area (Å²) in [5.41, 5.74) is 1.91. The van der Waals surface area contributed by atoms with Gasteiger partial charge < -0.3 is 5.32 Å². The molecule has 0 aliphatic carbocycles. The SMILES string of the molecule is Cc1ccccc1NC(=O)CSc1ncnc2sccc12. The third kappa shape index (κ3) is 3.22. The third-order valence-electron chi connectivity index (χ3n) is 2.98. The molecule has 4 nitrogen and oxygen atoms in total. The van der Waals surface area contributed by atoms with Gasteiger partial charge >= 0.3 is 0 Å². The van der Waals surface area contributed by atoms with Gasteiger partial charge in [-0.15, -0.1) is 11.3 Å². The molecule has 0 saturated heterocycles. The second kappa shape index (κ2) is 6.24. The highest BCUT2D eigenvalue weighted by Crippen LogP contribution is 2.27. The molecule has 0 spiro atoms. The van der Waals surface area contributed by atoms with E-state index in [2.05, 4.69) is 15.3 Å². The van der Waals surface area contributed by atoms with E-state index in [4.69, 9.17) is 0 Å². The quantitative estimate of drug-likeness (QED) is 0.589. The molecule has 0 atom stereocenters. The first kappa shape index (κ1) is 14.0. The second-order valence-corrected chi connectivity index (χ2v) is 6.33. The van der Waals surface area contributed by atoms with Gasteiger partial charge in [0.1, 0.15) is 16.2 Å². The zero-order valence-corrected chi connectivity index (χ0v) is 13.0. The molecular weight excluding hydrogens is 302 g/mol. The summed E-state index contributed by atoms with van der Waals surface area (Å²) in [6.45, 7) is 1.97. The lowest BCUT2D eigenvalue weighted by molar-refractivity contribution is -0.113. The second-order valence-electron chi connectivity index (χ2n) is 4.47. The van der Waals surface area contributed by atoms with Crippen molar-refractivity contribution in [1.29, 1.82) is 0 Å². The minimum absolute atomic E-state index is 0.0312. The van der Waals surface area contributed by atoms with Crippen LogP contribution in [0.1, 0.15) is 5.56 Å². The van der Waals surface area contributed by atoms with Crippen LogP contribution in [0.5, 0.6) is 0 Å². The maximum Gasteiger partial charge on any atom is 0.234 e. The Hall–Kier alpha value is -1.92. The number of aromatic nitrogens is 2. The number of hydrogen-bond donors (Lipinski definition) is 1. The number of carbonyl (C=O) groups excluding carboxylic acids is 1. The Morgan fingerprint density at radius 3 is 3.00 bits per heavy atom. The monoisotopic (exact) mass is 315 g/mol. The number of amides is 1. The number of thioether (sulfide) groups is 1. The number of nitrogens with zero attached hydrogens (tertiary/aromatic N) is 2. The molecule has 2 aromatic heterocycles. The Labute approximate surface area is 130 Å². The molecule has 3 aromatic rings. The summed E-state index contributed by atoms with van der Waals surface area (Å²) in [6.07, 6.45) is 1.54.